The lowest BCUT2D eigenvalue weighted by atomic mass is 10.1. The van der Waals surface area contributed by atoms with Gasteiger partial charge in [0.1, 0.15) is 18.5 Å². The van der Waals surface area contributed by atoms with Gasteiger partial charge in [0.25, 0.3) is 0 Å². The summed E-state index contributed by atoms with van der Waals surface area (Å²) in [6.45, 7) is 3.49. The van der Waals surface area contributed by atoms with Crippen molar-refractivity contribution in [2.24, 2.45) is 5.92 Å². The smallest absolute Gasteiger partial charge is 0.119 e. The summed E-state index contributed by atoms with van der Waals surface area (Å²) in [6, 6.07) is 9.54. The lowest BCUT2D eigenvalue weighted by molar-refractivity contribution is 0.105. The summed E-state index contributed by atoms with van der Waals surface area (Å²) in [5.41, 5.74) is 0. The van der Waals surface area contributed by atoms with Crippen molar-refractivity contribution in [3.05, 3.63) is 30.3 Å². The van der Waals surface area contributed by atoms with Crippen LogP contribution in [0.4, 0.5) is 0 Å². The maximum atomic E-state index is 9.77. The van der Waals surface area contributed by atoms with Gasteiger partial charge >= 0.3 is 0 Å². The molecule has 0 bridgehead atoms. The first-order valence-electron chi connectivity index (χ1n) is 6.49. The molecule has 18 heavy (non-hydrogen) atoms. The zero-order valence-corrected chi connectivity index (χ0v) is 10.5. The van der Waals surface area contributed by atoms with Crippen molar-refractivity contribution in [1.29, 1.82) is 0 Å². The quantitative estimate of drug-likeness (QED) is 0.760. The third kappa shape index (κ3) is 4.64. The maximum absolute atomic E-state index is 9.77. The van der Waals surface area contributed by atoms with Crippen LogP contribution in [0, 0.1) is 5.92 Å². The highest BCUT2D eigenvalue weighted by atomic mass is 16.5. The Balaban J connectivity index is 1.56. The summed E-state index contributed by atoms with van der Waals surface area (Å²) in [5, 5.41) is 13.0. The molecule has 0 spiro atoms. The van der Waals surface area contributed by atoms with Gasteiger partial charge in [-0.15, -0.1) is 0 Å². The van der Waals surface area contributed by atoms with Gasteiger partial charge in [-0.3, -0.25) is 0 Å². The Kier molecular flexibility index (Phi) is 5.45. The molecule has 0 amide bonds. The van der Waals surface area contributed by atoms with E-state index in [1.165, 1.54) is 0 Å². The van der Waals surface area contributed by atoms with Crippen molar-refractivity contribution in [2.45, 2.75) is 12.5 Å². The van der Waals surface area contributed by atoms with Crippen LogP contribution in [0.3, 0.4) is 0 Å². The molecule has 0 aliphatic carbocycles. The number of ether oxygens (including phenoxy) is 2. The molecule has 1 aliphatic heterocycles. The second-order valence-corrected chi connectivity index (χ2v) is 4.67. The lowest BCUT2D eigenvalue weighted by Gasteiger charge is -2.14. The van der Waals surface area contributed by atoms with Crippen molar-refractivity contribution in [1.82, 2.24) is 5.32 Å². The van der Waals surface area contributed by atoms with E-state index in [1.54, 1.807) is 0 Å². The van der Waals surface area contributed by atoms with E-state index in [2.05, 4.69) is 5.32 Å². The van der Waals surface area contributed by atoms with E-state index in [9.17, 15) is 5.11 Å². The predicted octanol–water partition coefficient (Wildman–Crippen LogP) is 1.05. The minimum atomic E-state index is -0.479. The minimum absolute atomic E-state index is 0.318. The van der Waals surface area contributed by atoms with E-state index in [0.717, 1.165) is 31.9 Å². The third-order valence-electron chi connectivity index (χ3n) is 3.02. The molecule has 2 rings (SSSR count). The predicted molar refractivity (Wildman–Crippen MR) is 69.7 cm³/mol. The number of aliphatic hydroxyl groups is 1. The Labute approximate surface area is 108 Å². The van der Waals surface area contributed by atoms with E-state index >= 15 is 0 Å². The fourth-order valence-corrected chi connectivity index (χ4v) is 1.97. The molecule has 1 heterocycles. The Hall–Kier alpha value is -1.10. The van der Waals surface area contributed by atoms with Crippen LogP contribution in [0.25, 0.3) is 0 Å². The van der Waals surface area contributed by atoms with Crippen LogP contribution in [-0.2, 0) is 4.74 Å². The van der Waals surface area contributed by atoms with Crippen molar-refractivity contribution in [2.75, 3.05) is 32.9 Å². The normalized spacial score (nSPS) is 20.8. The average Bonchev–Trinajstić information content (AvgIpc) is 2.91. The van der Waals surface area contributed by atoms with Gasteiger partial charge in [0.05, 0.1) is 6.61 Å². The molecular formula is C14H21NO3. The van der Waals surface area contributed by atoms with Gasteiger partial charge in [-0.05, 0) is 24.5 Å². The molecule has 4 nitrogen and oxygen atoms in total. The van der Waals surface area contributed by atoms with Crippen molar-refractivity contribution < 1.29 is 14.6 Å². The first-order valence-corrected chi connectivity index (χ1v) is 6.49. The Morgan fingerprint density at radius 3 is 2.94 bits per heavy atom. The van der Waals surface area contributed by atoms with Gasteiger partial charge in [0.15, 0.2) is 0 Å². The molecule has 0 radical (unpaired) electrons. The van der Waals surface area contributed by atoms with E-state index in [-0.39, 0.29) is 0 Å². The molecule has 2 N–H and O–H groups in total. The second kappa shape index (κ2) is 7.36. The molecule has 2 unspecified atom stereocenters. The number of nitrogens with one attached hydrogen (secondary N) is 1. The zero-order valence-electron chi connectivity index (χ0n) is 10.5. The number of para-hydroxylation sites is 1. The molecule has 0 saturated carbocycles. The highest BCUT2D eigenvalue weighted by Gasteiger charge is 2.15. The molecule has 100 valence electrons. The maximum Gasteiger partial charge on any atom is 0.119 e. The minimum Gasteiger partial charge on any atom is -0.491 e. The molecule has 4 heteroatoms. The van der Waals surface area contributed by atoms with Crippen LogP contribution in [0.2, 0.25) is 0 Å². The Bertz CT molecular complexity index is 325. The SMILES string of the molecule is OC(CNCC1CCOC1)COc1ccccc1. The third-order valence-corrected chi connectivity index (χ3v) is 3.02. The highest BCUT2D eigenvalue weighted by Crippen LogP contribution is 2.10. The van der Waals surface area contributed by atoms with Gasteiger partial charge in [0, 0.05) is 19.7 Å². The lowest BCUT2D eigenvalue weighted by Crippen LogP contribution is -2.34. The Morgan fingerprint density at radius 2 is 2.22 bits per heavy atom. The van der Waals surface area contributed by atoms with Crippen LogP contribution < -0.4 is 10.1 Å². The molecule has 2 atom stereocenters. The number of benzene rings is 1. The summed E-state index contributed by atoms with van der Waals surface area (Å²) in [7, 11) is 0. The topological polar surface area (TPSA) is 50.7 Å². The van der Waals surface area contributed by atoms with Crippen LogP contribution >= 0.6 is 0 Å². The van der Waals surface area contributed by atoms with Gasteiger partial charge in [-0.1, -0.05) is 18.2 Å². The number of hydrogen-bond donors (Lipinski definition) is 2. The Morgan fingerprint density at radius 1 is 1.39 bits per heavy atom. The first-order chi connectivity index (χ1) is 8.84. The van der Waals surface area contributed by atoms with Crippen LogP contribution in [0.5, 0.6) is 5.75 Å². The van der Waals surface area contributed by atoms with E-state index in [4.69, 9.17) is 9.47 Å². The summed E-state index contributed by atoms with van der Waals surface area (Å²) < 4.78 is 10.8. The van der Waals surface area contributed by atoms with Crippen molar-refractivity contribution in [3.63, 3.8) is 0 Å². The van der Waals surface area contributed by atoms with Gasteiger partial charge in [-0.2, -0.15) is 0 Å². The largest absolute Gasteiger partial charge is 0.491 e. The summed E-state index contributed by atoms with van der Waals surface area (Å²) in [5.74, 6) is 1.38. The van der Waals surface area contributed by atoms with Crippen LogP contribution in [0.15, 0.2) is 30.3 Å². The molecule has 1 aromatic rings. The monoisotopic (exact) mass is 251 g/mol. The second-order valence-electron chi connectivity index (χ2n) is 4.67. The molecular weight excluding hydrogens is 230 g/mol. The molecule has 0 aromatic heterocycles. The van der Waals surface area contributed by atoms with Crippen LogP contribution in [0.1, 0.15) is 6.42 Å². The van der Waals surface area contributed by atoms with E-state index < -0.39 is 6.10 Å². The molecule has 1 aromatic carbocycles. The number of hydrogen-bond acceptors (Lipinski definition) is 4. The molecule has 1 saturated heterocycles. The van der Waals surface area contributed by atoms with Gasteiger partial charge < -0.3 is 19.9 Å². The number of rotatable bonds is 7. The summed E-state index contributed by atoms with van der Waals surface area (Å²) in [6.07, 6.45) is 0.636. The average molecular weight is 251 g/mol. The van der Waals surface area contributed by atoms with E-state index in [1.807, 2.05) is 30.3 Å². The summed E-state index contributed by atoms with van der Waals surface area (Å²) >= 11 is 0. The summed E-state index contributed by atoms with van der Waals surface area (Å²) in [4.78, 5) is 0. The molecule has 1 aliphatic rings. The van der Waals surface area contributed by atoms with Crippen LogP contribution in [-0.4, -0.2) is 44.1 Å². The number of aliphatic hydroxyl groups excluding tert-OH is 1. The van der Waals surface area contributed by atoms with Crippen molar-refractivity contribution in [3.8, 4) is 5.75 Å². The zero-order chi connectivity index (χ0) is 12.6. The standard InChI is InChI=1S/C14H21NO3/c16-13(9-15-8-12-6-7-17-10-12)11-18-14-4-2-1-3-5-14/h1-5,12-13,15-16H,6-11H2. The fraction of sp³-hybridized carbons (Fsp3) is 0.571. The van der Waals surface area contributed by atoms with Gasteiger partial charge in [-0.25, -0.2) is 0 Å². The first kappa shape index (κ1) is 13.3. The van der Waals surface area contributed by atoms with Crippen molar-refractivity contribution >= 4 is 0 Å². The molecule has 1 fully saturated rings. The highest BCUT2D eigenvalue weighted by molar-refractivity contribution is 5.20. The fourth-order valence-electron chi connectivity index (χ4n) is 1.97. The van der Waals surface area contributed by atoms with E-state index in [0.29, 0.717) is 19.1 Å². The van der Waals surface area contributed by atoms with Gasteiger partial charge in [0.2, 0.25) is 0 Å².